The first kappa shape index (κ1) is 13.3. The molecule has 4 rings (SSSR count). The lowest BCUT2D eigenvalue weighted by molar-refractivity contribution is -0.115. The lowest BCUT2D eigenvalue weighted by Gasteiger charge is -2.22. The number of aromatic nitrogens is 3. The SMILES string of the molecule is O=C1CS[C@@H](c2ccc(F)cc2)N1c1n[nH]c2ncccc12. The maximum Gasteiger partial charge on any atom is 0.239 e. The van der Waals surface area contributed by atoms with Crippen molar-refractivity contribution in [1.82, 2.24) is 15.2 Å². The highest BCUT2D eigenvalue weighted by molar-refractivity contribution is 8.00. The molecule has 0 aliphatic carbocycles. The number of H-pyrrole nitrogens is 1. The third-order valence-corrected chi connectivity index (χ3v) is 4.78. The predicted octanol–water partition coefficient (Wildman–Crippen LogP) is 2.88. The van der Waals surface area contributed by atoms with Crippen LogP contribution in [0.3, 0.4) is 0 Å². The van der Waals surface area contributed by atoms with Crippen LogP contribution in [0.15, 0.2) is 42.6 Å². The Morgan fingerprint density at radius 1 is 1.27 bits per heavy atom. The van der Waals surface area contributed by atoms with E-state index in [0.29, 0.717) is 17.2 Å². The molecule has 1 N–H and O–H groups in total. The summed E-state index contributed by atoms with van der Waals surface area (Å²) in [6.07, 6.45) is 1.67. The fourth-order valence-corrected chi connectivity index (χ4v) is 3.71. The molecule has 3 heterocycles. The van der Waals surface area contributed by atoms with Gasteiger partial charge in [0, 0.05) is 6.20 Å². The maximum absolute atomic E-state index is 13.1. The quantitative estimate of drug-likeness (QED) is 0.790. The molecule has 1 atom stereocenters. The molecule has 1 amide bonds. The minimum absolute atomic E-state index is 0.0171. The summed E-state index contributed by atoms with van der Waals surface area (Å²) in [5, 5.41) is 7.68. The second kappa shape index (κ2) is 5.10. The van der Waals surface area contributed by atoms with Crippen LogP contribution in [-0.4, -0.2) is 26.8 Å². The molecule has 0 bridgehead atoms. The molecule has 1 aliphatic rings. The third-order valence-electron chi connectivity index (χ3n) is 3.57. The van der Waals surface area contributed by atoms with E-state index in [0.717, 1.165) is 10.9 Å². The van der Waals surface area contributed by atoms with Gasteiger partial charge in [-0.2, -0.15) is 5.10 Å². The average molecular weight is 314 g/mol. The van der Waals surface area contributed by atoms with E-state index in [4.69, 9.17) is 0 Å². The van der Waals surface area contributed by atoms with Gasteiger partial charge in [0.15, 0.2) is 11.5 Å². The summed E-state index contributed by atoms with van der Waals surface area (Å²) in [6, 6.07) is 9.89. The smallest absolute Gasteiger partial charge is 0.239 e. The molecule has 1 aliphatic heterocycles. The number of hydrogen-bond donors (Lipinski definition) is 1. The van der Waals surface area contributed by atoms with Gasteiger partial charge in [-0.25, -0.2) is 9.37 Å². The van der Waals surface area contributed by atoms with Crippen LogP contribution in [0.2, 0.25) is 0 Å². The predicted molar refractivity (Wildman–Crippen MR) is 83.0 cm³/mol. The summed E-state index contributed by atoms with van der Waals surface area (Å²) in [5.41, 5.74) is 1.51. The zero-order chi connectivity index (χ0) is 15.1. The van der Waals surface area contributed by atoms with E-state index in [1.54, 1.807) is 23.2 Å². The molecule has 1 fully saturated rings. The van der Waals surface area contributed by atoms with Gasteiger partial charge in [-0.3, -0.25) is 14.8 Å². The van der Waals surface area contributed by atoms with Crippen molar-refractivity contribution in [3.8, 4) is 0 Å². The maximum atomic E-state index is 13.1. The summed E-state index contributed by atoms with van der Waals surface area (Å²) in [5.74, 6) is 0.625. The molecule has 0 unspecified atom stereocenters. The molecular weight excluding hydrogens is 303 g/mol. The number of nitrogens with one attached hydrogen (secondary N) is 1. The number of carbonyl (C=O) groups is 1. The molecule has 0 saturated carbocycles. The van der Waals surface area contributed by atoms with Crippen LogP contribution < -0.4 is 4.90 Å². The number of hydrogen-bond acceptors (Lipinski definition) is 4. The van der Waals surface area contributed by atoms with Crippen LogP contribution in [-0.2, 0) is 4.79 Å². The summed E-state index contributed by atoms with van der Waals surface area (Å²) in [6.45, 7) is 0. The Labute approximate surface area is 129 Å². The first-order valence-electron chi connectivity index (χ1n) is 6.72. The Kier molecular flexibility index (Phi) is 3.07. The minimum Gasteiger partial charge on any atom is -0.277 e. The topological polar surface area (TPSA) is 61.9 Å². The molecule has 22 heavy (non-hydrogen) atoms. The number of carbonyl (C=O) groups excluding carboxylic acids is 1. The average Bonchev–Trinajstić information content (AvgIpc) is 3.11. The molecule has 110 valence electrons. The summed E-state index contributed by atoms with van der Waals surface area (Å²) in [7, 11) is 0. The summed E-state index contributed by atoms with van der Waals surface area (Å²) in [4.78, 5) is 18.2. The highest BCUT2D eigenvalue weighted by Crippen LogP contribution is 2.42. The van der Waals surface area contributed by atoms with Crippen molar-refractivity contribution in [2.24, 2.45) is 0 Å². The number of amides is 1. The molecule has 7 heteroatoms. The van der Waals surface area contributed by atoms with E-state index in [-0.39, 0.29) is 17.1 Å². The fourth-order valence-electron chi connectivity index (χ4n) is 2.55. The second-order valence-electron chi connectivity index (χ2n) is 4.93. The summed E-state index contributed by atoms with van der Waals surface area (Å²) < 4.78 is 13.1. The van der Waals surface area contributed by atoms with Crippen molar-refractivity contribution in [3.05, 3.63) is 54.0 Å². The van der Waals surface area contributed by atoms with Crippen LogP contribution in [0.1, 0.15) is 10.9 Å². The van der Waals surface area contributed by atoms with Gasteiger partial charge < -0.3 is 0 Å². The van der Waals surface area contributed by atoms with Crippen LogP contribution >= 0.6 is 11.8 Å². The van der Waals surface area contributed by atoms with E-state index >= 15 is 0 Å². The van der Waals surface area contributed by atoms with Gasteiger partial charge in [-0.1, -0.05) is 12.1 Å². The number of fused-ring (bicyclic) bond motifs is 1. The number of benzene rings is 1. The van der Waals surface area contributed by atoms with Crippen LogP contribution in [0.5, 0.6) is 0 Å². The Bertz CT molecular complexity index is 848. The standard InChI is InChI=1S/C15H11FN4OS/c16-10-5-3-9(4-6-10)15-20(12(21)8-22-15)14-11-2-1-7-17-13(11)18-19-14/h1-7,15H,8H2,(H,17,18,19)/t15-/m0/s1. The number of pyridine rings is 1. The molecule has 1 aromatic carbocycles. The van der Waals surface area contributed by atoms with E-state index in [1.807, 2.05) is 12.1 Å². The number of halogens is 1. The van der Waals surface area contributed by atoms with Crippen molar-refractivity contribution in [2.75, 3.05) is 10.7 Å². The normalized spacial score (nSPS) is 18.3. The molecule has 1 saturated heterocycles. The van der Waals surface area contributed by atoms with Gasteiger partial charge in [-0.15, -0.1) is 11.8 Å². The number of thioether (sulfide) groups is 1. The molecule has 5 nitrogen and oxygen atoms in total. The van der Waals surface area contributed by atoms with E-state index in [9.17, 15) is 9.18 Å². The Morgan fingerprint density at radius 3 is 2.91 bits per heavy atom. The van der Waals surface area contributed by atoms with Gasteiger partial charge in [0.1, 0.15) is 11.2 Å². The first-order chi connectivity index (χ1) is 10.7. The largest absolute Gasteiger partial charge is 0.277 e. The van der Waals surface area contributed by atoms with Crippen molar-refractivity contribution in [3.63, 3.8) is 0 Å². The zero-order valence-electron chi connectivity index (χ0n) is 11.4. The van der Waals surface area contributed by atoms with Gasteiger partial charge in [0.05, 0.1) is 11.1 Å². The third kappa shape index (κ3) is 2.05. The van der Waals surface area contributed by atoms with Crippen LogP contribution in [0, 0.1) is 5.82 Å². The van der Waals surface area contributed by atoms with Crippen LogP contribution in [0.25, 0.3) is 11.0 Å². The first-order valence-corrected chi connectivity index (χ1v) is 7.77. The molecule has 0 spiro atoms. The molecule has 3 aromatic rings. The number of anilines is 1. The van der Waals surface area contributed by atoms with Crippen molar-refractivity contribution in [2.45, 2.75) is 5.37 Å². The van der Waals surface area contributed by atoms with E-state index < -0.39 is 0 Å². The lowest BCUT2D eigenvalue weighted by atomic mass is 10.2. The van der Waals surface area contributed by atoms with E-state index in [1.165, 1.54) is 23.9 Å². The van der Waals surface area contributed by atoms with Gasteiger partial charge >= 0.3 is 0 Å². The van der Waals surface area contributed by atoms with Crippen molar-refractivity contribution < 1.29 is 9.18 Å². The Hall–Kier alpha value is -2.41. The highest BCUT2D eigenvalue weighted by atomic mass is 32.2. The number of aromatic amines is 1. The molecular formula is C15H11FN4OS. The number of nitrogens with zero attached hydrogens (tertiary/aromatic N) is 3. The highest BCUT2D eigenvalue weighted by Gasteiger charge is 2.36. The lowest BCUT2D eigenvalue weighted by Crippen LogP contribution is -2.28. The fraction of sp³-hybridized carbons (Fsp3) is 0.133. The Balaban J connectivity index is 1.80. The van der Waals surface area contributed by atoms with Crippen molar-refractivity contribution in [1.29, 1.82) is 0 Å². The summed E-state index contributed by atoms with van der Waals surface area (Å²) >= 11 is 1.50. The van der Waals surface area contributed by atoms with Crippen molar-refractivity contribution >= 4 is 34.5 Å². The zero-order valence-corrected chi connectivity index (χ0v) is 12.2. The van der Waals surface area contributed by atoms with Crippen LogP contribution in [0.4, 0.5) is 10.2 Å². The van der Waals surface area contributed by atoms with Gasteiger partial charge in [0.2, 0.25) is 5.91 Å². The second-order valence-corrected chi connectivity index (χ2v) is 5.99. The van der Waals surface area contributed by atoms with Gasteiger partial charge in [-0.05, 0) is 29.8 Å². The van der Waals surface area contributed by atoms with Gasteiger partial charge in [0.25, 0.3) is 0 Å². The number of rotatable bonds is 2. The molecule has 2 aromatic heterocycles. The Morgan fingerprint density at radius 2 is 2.09 bits per heavy atom. The molecule has 0 radical (unpaired) electrons. The van der Waals surface area contributed by atoms with E-state index in [2.05, 4.69) is 15.2 Å². The monoisotopic (exact) mass is 314 g/mol. The minimum atomic E-state index is -0.293.